The van der Waals surface area contributed by atoms with E-state index >= 15 is 0 Å². The summed E-state index contributed by atoms with van der Waals surface area (Å²) in [5, 5.41) is 11.9. The number of pyridine rings is 1. The lowest BCUT2D eigenvalue weighted by atomic mass is 9.94. The van der Waals surface area contributed by atoms with E-state index in [4.69, 9.17) is 25.8 Å². The van der Waals surface area contributed by atoms with Crippen molar-refractivity contribution >= 4 is 29.1 Å². The van der Waals surface area contributed by atoms with Gasteiger partial charge < -0.3 is 24.2 Å². The number of hydrogen-bond acceptors (Lipinski definition) is 7. The number of carbonyl (C=O) groups is 2. The van der Waals surface area contributed by atoms with Gasteiger partial charge in [-0.25, -0.2) is 0 Å². The van der Waals surface area contributed by atoms with Gasteiger partial charge in [-0.1, -0.05) is 48.0 Å². The van der Waals surface area contributed by atoms with Crippen LogP contribution < -0.4 is 14.2 Å². The number of Topliss-reactive ketones (excluding diaryl/α,β-unsaturated/α-hetero) is 1. The molecule has 0 saturated carbocycles. The molecular weight excluding hydrogens is 532 g/mol. The second-order valence-corrected chi connectivity index (χ2v) is 9.37. The Morgan fingerprint density at radius 3 is 2.38 bits per heavy atom. The minimum atomic E-state index is -0.939. The molecule has 5 rings (SSSR count). The van der Waals surface area contributed by atoms with Crippen molar-refractivity contribution in [1.82, 2.24) is 9.88 Å². The minimum Gasteiger partial charge on any atom is -0.507 e. The number of nitrogens with zero attached hydrogens (tertiary/aromatic N) is 2. The van der Waals surface area contributed by atoms with E-state index in [9.17, 15) is 14.7 Å². The van der Waals surface area contributed by atoms with Crippen molar-refractivity contribution in [3.8, 4) is 23.0 Å². The lowest BCUT2D eigenvalue weighted by molar-refractivity contribution is -0.140. The number of hydrogen-bond donors (Lipinski definition) is 1. The van der Waals surface area contributed by atoms with Gasteiger partial charge in [-0.2, -0.15) is 0 Å². The van der Waals surface area contributed by atoms with Crippen LogP contribution in [0.4, 0.5) is 0 Å². The fourth-order valence-corrected chi connectivity index (χ4v) is 4.87. The quantitative estimate of drug-likeness (QED) is 0.157. The van der Waals surface area contributed by atoms with Crippen LogP contribution in [-0.2, 0) is 16.1 Å². The van der Waals surface area contributed by atoms with E-state index in [1.807, 2.05) is 36.4 Å². The van der Waals surface area contributed by atoms with Gasteiger partial charge in [0.2, 0.25) is 0 Å². The van der Waals surface area contributed by atoms with Crippen molar-refractivity contribution in [2.24, 2.45) is 0 Å². The molecule has 1 aromatic heterocycles. The van der Waals surface area contributed by atoms with E-state index in [1.54, 1.807) is 42.7 Å². The molecule has 0 spiro atoms. The van der Waals surface area contributed by atoms with Gasteiger partial charge in [0.25, 0.3) is 11.7 Å². The summed E-state index contributed by atoms with van der Waals surface area (Å²) in [6, 6.07) is 21.9. The largest absolute Gasteiger partial charge is 0.507 e. The molecule has 3 aromatic carbocycles. The number of amides is 1. The van der Waals surface area contributed by atoms with Gasteiger partial charge in [0.05, 0.1) is 36.4 Å². The number of carbonyl (C=O) groups excluding carboxylic acids is 2. The van der Waals surface area contributed by atoms with E-state index in [0.29, 0.717) is 17.1 Å². The zero-order valence-corrected chi connectivity index (χ0v) is 22.5. The van der Waals surface area contributed by atoms with E-state index in [0.717, 1.165) is 5.56 Å². The lowest BCUT2D eigenvalue weighted by Gasteiger charge is -2.26. The van der Waals surface area contributed by atoms with Crippen molar-refractivity contribution in [2.75, 3.05) is 14.2 Å². The normalized spacial score (nSPS) is 16.2. The molecule has 4 aromatic rings. The van der Waals surface area contributed by atoms with Crippen LogP contribution in [0.5, 0.6) is 23.0 Å². The highest BCUT2D eigenvalue weighted by Gasteiger charge is 2.46. The molecule has 1 aliphatic heterocycles. The van der Waals surface area contributed by atoms with Crippen LogP contribution in [-0.4, -0.2) is 40.9 Å². The number of para-hydroxylation sites is 1. The summed E-state index contributed by atoms with van der Waals surface area (Å²) in [6.07, 6.45) is 3.25. The maximum Gasteiger partial charge on any atom is 0.295 e. The van der Waals surface area contributed by atoms with E-state index < -0.39 is 23.5 Å². The fourth-order valence-electron chi connectivity index (χ4n) is 4.64. The zero-order chi connectivity index (χ0) is 28.2. The Morgan fingerprint density at radius 1 is 0.925 bits per heavy atom. The third kappa shape index (κ3) is 5.21. The maximum absolute atomic E-state index is 13.5. The minimum absolute atomic E-state index is 0.0880. The number of aromatic nitrogens is 1. The number of benzene rings is 3. The second-order valence-electron chi connectivity index (χ2n) is 8.96. The first kappa shape index (κ1) is 26.8. The first-order valence-corrected chi connectivity index (χ1v) is 12.7. The van der Waals surface area contributed by atoms with Crippen molar-refractivity contribution in [3.63, 3.8) is 0 Å². The van der Waals surface area contributed by atoms with Gasteiger partial charge in [0.1, 0.15) is 28.8 Å². The van der Waals surface area contributed by atoms with Crippen molar-refractivity contribution in [3.05, 3.63) is 119 Å². The number of aliphatic hydroxyl groups excluding tert-OH is 1. The Balaban J connectivity index is 1.67. The molecule has 1 atom stereocenters. The average Bonchev–Trinajstić information content (AvgIpc) is 3.22. The van der Waals surface area contributed by atoms with Crippen LogP contribution in [0, 0.1) is 0 Å². The van der Waals surface area contributed by atoms with E-state index in [-0.39, 0.29) is 34.2 Å². The van der Waals surface area contributed by atoms with Crippen LogP contribution in [0.25, 0.3) is 5.76 Å². The molecule has 2 heterocycles. The van der Waals surface area contributed by atoms with Crippen LogP contribution >= 0.6 is 11.6 Å². The van der Waals surface area contributed by atoms with Gasteiger partial charge in [0, 0.05) is 25.0 Å². The second kappa shape index (κ2) is 11.5. The van der Waals surface area contributed by atoms with Crippen molar-refractivity contribution in [1.29, 1.82) is 0 Å². The van der Waals surface area contributed by atoms with Gasteiger partial charge >= 0.3 is 0 Å². The Morgan fingerprint density at radius 2 is 1.68 bits per heavy atom. The molecule has 1 amide bonds. The Hall–Kier alpha value is -4.82. The summed E-state index contributed by atoms with van der Waals surface area (Å²) < 4.78 is 16.8. The number of ketones is 1. The third-order valence-corrected chi connectivity index (χ3v) is 6.79. The van der Waals surface area contributed by atoms with Crippen LogP contribution in [0.3, 0.4) is 0 Å². The molecule has 0 aliphatic carbocycles. The van der Waals surface area contributed by atoms with Gasteiger partial charge in [-0.05, 0) is 47.5 Å². The summed E-state index contributed by atoms with van der Waals surface area (Å²) in [6.45, 7) is 0.0880. The summed E-state index contributed by atoms with van der Waals surface area (Å²) in [4.78, 5) is 32.5. The highest BCUT2D eigenvalue weighted by Crippen LogP contribution is 2.44. The van der Waals surface area contributed by atoms with E-state index in [2.05, 4.69) is 4.98 Å². The van der Waals surface area contributed by atoms with Gasteiger partial charge in [-0.3, -0.25) is 14.6 Å². The number of halogens is 1. The monoisotopic (exact) mass is 556 g/mol. The number of methoxy groups -OCH3 is 2. The Labute approximate surface area is 236 Å². The molecule has 40 heavy (non-hydrogen) atoms. The molecule has 1 N–H and O–H groups in total. The number of rotatable bonds is 8. The first-order chi connectivity index (χ1) is 19.4. The lowest BCUT2D eigenvalue weighted by Crippen LogP contribution is -2.29. The molecular formula is C31H25ClN2O6. The van der Waals surface area contributed by atoms with Gasteiger partial charge in [-0.15, -0.1) is 0 Å². The topological polar surface area (TPSA) is 98.2 Å². The van der Waals surface area contributed by atoms with Crippen molar-refractivity contribution in [2.45, 2.75) is 12.6 Å². The molecule has 1 aliphatic rings. The summed E-state index contributed by atoms with van der Waals surface area (Å²) in [7, 11) is 2.85. The Bertz CT molecular complexity index is 1590. The predicted molar refractivity (Wildman–Crippen MR) is 150 cm³/mol. The number of likely N-dealkylation sites (tertiary alicyclic amines) is 1. The number of ether oxygens (including phenoxy) is 3. The highest BCUT2D eigenvalue weighted by molar-refractivity contribution is 6.46. The predicted octanol–water partition coefficient (Wildman–Crippen LogP) is 6.17. The molecule has 8 nitrogen and oxygen atoms in total. The van der Waals surface area contributed by atoms with Crippen molar-refractivity contribution < 1.29 is 28.9 Å². The molecule has 0 bridgehead atoms. The molecule has 1 unspecified atom stereocenters. The van der Waals surface area contributed by atoms with Crippen LogP contribution in [0.15, 0.2) is 96.8 Å². The molecule has 0 radical (unpaired) electrons. The highest BCUT2D eigenvalue weighted by atomic mass is 35.5. The van der Waals surface area contributed by atoms with Crippen LogP contribution in [0.1, 0.15) is 22.7 Å². The maximum atomic E-state index is 13.5. The summed E-state index contributed by atoms with van der Waals surface area (Å²) in [5.74, 6) is -0.409. The smallest absolute Gasteiger partial charge is 0.295 e. The number of aliphatic hydroxyl groups is 1. The molecule has 1 fully saturated rings. The Kier molecular flexibility index (Phi) is 7.70. The van der Waals surface area contributed by atoms with E-state index in [1.165, 1.54) is 31.3 Å². The van der Waals surface area contributed by atoms with Gasteiger partial charge in [0.15, 0.2) is 0 Å². The summed E-state index contributed by atoms with van der Waals surface area (Å²) in [5.41, 5.74) is 1.34. The fraction of sp³-hybridized carbons (Fsp3) is 0.129. The van der Waals surface area contributed by atoms with Crippen LogP contribution in [0.2, 0.25) is 5.02 Å². The molecule has 202 valence electrons. The average molecular weight is 557 g/mol. The molecule has 1 saturated heterocycles. The molecule has 9 heteroatoms. The first-order valence-electron chi connectivity index (χ1n) is 12.3. The SMILES string of the molecule is COc1cc(/C(O)=C2\C(=O)C(=O)N(Cc3cccnc3)C2c2cccc(Oc3ccccc3)c2)c(OC)cc1Cl. The standard InChI is InChI=1S/C31H25ClN2O6/c1-38-25-16-24(32)26(39-2)15-23(25)29(35)27-28(34(31(37)30(27)36)18-19-8-7-13-33-17-19)20-9-6-12-22(14-20)40-21-10-4-3-5-11-21/h3-17,28,35H,18H2,1-2H3/b29-27+. The zero-order valence-electron chi connectivity index (χ0n) is 21.7. The third-order valence-electron chi connectivity index (χ3n) is 6.50. The summed E-state index contributed by atoms with van der Waals surface area (Å²) >= 11 is 6.27.